The summed E-state index contributed by atoms with van der Waals surface area (Å²) in [4.78, 5) is 88.7. The van der Waals surface area contributed by atoms with E-state index in [1.807, 2.05) is 77.1 Å². The molecule has 3 aromatic carbocycles. The zero-order valence-corrected chi connectivity index (χ0v) is 42.1. The summed E-state index contributed by atoms with van der Waals surface area (Å²) in [5.74, 6) is -2.87. The van der Waals surface area contributed by atoms with Gasteiger partial charge in [0.25, 0.3) is 0 Å². The summed E-state index contributed by atoms with van der Waals surface area (Å²) < 4.78 is 15.9. The number of thiazole rings is 1. The molecule has 4 aromatic rings. The molecule has 9 N–H and O–H groups in total. The number of amides is 6. The molecule has 18 heteroatoms. The fraction of sp³-hybridized carbons (Fsp3) is 0.491. The summed E-state index contributed by atoms with van der Waals surface area (Å²) >= 11 is 1.56. The Morgan fingerprint density at radius 1 is 0.930 bits per heavy atom. The van der Waals surface area contributed by atoms with E-state index in [2.05, 4.69) is 26.3 Å². The SMILES string of the molecule is Cc1ncsc1-c1ccc([C@H](C)NC(=O)[C@@H]2C[C@@H](O)CN2C(=O)[C@@H](NC(=O)CCCCCc2cccc(NC[C@H](CCC(N)=O)NC(=O)[C@@H]3Cc4cccc5c4N3C(=O)[C@@H](N)CC5)c2F)C(C)(C)C)cc1. The van der Waals surface area contributed by atoms with Crippen molar-refractivity contribution in [3.8, 4) is 10.4 Å². The van der Waals surface area contributed by atoms with Crippen molar-refractivity contribution in [3.63, 3.8) is 0 Å². The Kier molecular flexibility index (Phi) is 16.9. The number of likely N-dealkylation sites (tertiary alicyclic amines) is 1. The minimum absolute atomic E-state index is 0.0176. The van der Waals surface area contributed by atoms with Crippen LogP contribution in [-0.2, 0) is 48.0 Å². The first-order valence-electron chi connectivity index (χ1n) is 24.7. The van der Waals surface area contributed by atoms with Crippen molar-refractivity contribution in [2.24, 2.45) is 16.9 Å². The summed E-state index contributed by atoms with van der Waals surface area (Å²) in [6.45, 7) is 9.39. The molecule has 3 aliphatic heterocycles. The van der Waals surface area contributed by atoms with Gasteiger partial charge in [-0.3, -0.25) is 33.7 Å². The standard InChI is InChI=1S/C53H68FN9O7S/c1-30(32-17-19-35(20-18-32)47-31(2)58-29-71-47)59-49(67)41-26-38(64)28-62(41)52(70)48(53(3,4)5)61-44(66)16-8-6-7-11-33-12-10-15-40(45(33)54)57-27-37(22-24-43(56)65)60-50(68)42-25-36-14-9-13-34-21-23-39(55)51(69)63(42)46(34)36/h9-10,12-15,17-20,29-30,37-39,41-42,48,57,64H,6-8,11,16,21-28,55H2,1-5H3,(H2,56,65)(H,59,67)(H,60,68)(H,61,66)/t30-,37-,38+,39-,41-,42-,48+/m0/s1. The van der Waals surface area contributed by atoms with Crippen LogP contribution in [0.1, 0.15) is 113 Å². The van der Waals surface area contributed by atoms with E-state index in [0.29, 0.717) is 50.5 Å². The van der Waals surface area contributed by atoms with E-state index in [1.54, 1.807) is 35.0 Å². The van der Waals surface area contributed by atoms with Crippen LogP contribution in [-0.4, -0.2) is 99.8 Å². The van der Waals surface area contributed by atoms with Crippen LogP contribution in [0, 0.1) is 18.2 Å². The van der Waals surface area contributed by atoms with Crippen molar-refractivity contribution in [2.45, 2.75) is 148 Å². The molecule has 1 fully saturated rings. The van der Waals surface area contributed by atoms with Gasteiger partial charge in [-0.15, -0.1) is 11.3 Å². The molecule has 6 amide bonds. The number of para-hydroxylation sites is 1. The molecule has 7 atom stereocenters. The fourth-order valence-electron chi connectivity index (χ4n) is 9.87. The zero-order chi connectivity index (χ0) is 51.1. The smallest absolute Gasteiger partial charge is 0.246 e. The van der Waals surface area contributed by atoms with Gasteiger partial charge in [-0.05, 0) is 91.7 Å². The summed E-state index contributed by atoms with van der Waals surface area (Å²) in [7, 11) is 0. The lowest BCUT2D eigenvalue weighted by Gasteiger charge is -2.35. The Morgan fingerprint density at radius 3 is 2.35 bits per heavy atom. The molecule has 71 heavy (non-hydrogen) atoms. The van der Waals surface area contributed by atoms with E-state index >= 15 is 4.39 Å². The number of hydrogen-bond donors (Lipinski definition) is 7. The van der Waals surface area contributed by atoms with E-state index in [-0.39, 0.29) is 68.2 Å². The molecular formula is C53H68FN9O7S. The molecule has 0 saturated carbocycles. The molecular weight excluding hydrogens is 926 g/mol. The number of anilines is 2. The molecule has 4 heterocycles. The van der Waals surface area contributed by atoms with E-state index in [0.717, 1.165) is 38.5 Å². The third kappa shape index (κ3) is 12.6. The van der Waals surface area contributed by atoms with Gasteiger partial charge in [0, 0.05) is 44.8 Å². The third-order valence-corrected chi connectivity index (χ3v) is 14.8. The number of unbranched alkanes of at least 4 members (excludes halogenated alkanes) is 2. The quantitative estimate of drug-likeness (QED) is 0.0577. The number of benzene rings is 3. The minimum Gasteiger partial charge on any atom is -0.391 e. The average molecular weight is 994 g/mol. The molecule has 16 nitrogen and oxygen atoms in total. The van der Waals surface area contributed by atoms with Crippen LogP contribution in [0.15, 0.2) is 66.2 Å². The first-order chi connectivity index (χ1) is 33.8. The van der Waals surface area contributed by atoms with Gasteiger partial charge in [0.15, 0.2) is 0 Å². The van der Waals surface area contributed by atoms with Gasteiger partial charge in [-0.25, -0.2) is 9.37 Å². The molecule has 0 unspecified atom stereocenters. The van der Waals surface area contributed by atoms with E-state index in [1.165, 1.54) is 9.80 Å². The number of β-amino-alcohol motifs (C(OH)–C–C–N with tert-alkyl or cyclic N) is 1. The highest BCUT2D eigenvalue weighted by Crippen LogP contribution is 2.39. The van der Waals surface area contributed by atoms with Crippen molar-refractivity contribution < 1.29 is 38.3 Å². The maximum atomic E-state index is 15.9. The van der Waals surface area contributed by atoms with Crippen LogP contribution >= 0.6 is 11.3 Å². The predicted molar refractivity (Wildman–Crippen MR) is 271 cm³/mol. The Balaban J connectivity index is 0.887. The van der Waals surface area contributed by atoms with Gasteiger partial charge in [-0.2, -0.15) is 0 Å². The monoisotopic (exact) mass is 993 g/mol. The zero-order valence-electron chi connectivity index (χ0n) is 41.3. The van der Waals surface area contributed by atoms with Gasteiger partial charge >= 0.3 is 0 Å². The molecule has 0 radical (unpaired) electrons. The summed E-state index contributed by atoms with van der Waals surface area (Å²) in [6, 6.07) is 14.2. The van der Waals surface area contributed by atoms with E-state index < -0.39 is 65.3 Å². The van der Waals surface area contributed by atoms with Gasteiger partial charge < -0.3 is 42.7 Å². The van der Waals surface area contributed by atoms with Crippen molar-refractivity contribution in [3.05, 3.63) is 99.9 Å². The van der Waals surface area contributed by atoms with Crippen LogP contribution < -0.4 is 37.6 Å². The predicted octanol–water partition coefficient (Wildman–Crippen LogP) is 5.12. The number of aliphatic hydroxyl groups excluding tert-OH is 1. The summed E-state index contributed by atoms with van der Waals surface area (Å²) in [6.07, 6.45) is 2.94. The highest BCUT2D eigenvalue weighted by molar-refractivity contribution is 7.13. The van der Waals surface area contributed by atoms with Crippen LogP contribution in [0.4, 0.5) is 15.8 Å². The Hall–Kier alpha value is -6.24. The molecule has 0 spiro atoms. The van der Waals surface area contributed by atoms with Crippen molar-refractivity contribution >= 4 is 58.2 Å². The molecule has 1 aromatic heterocycles. The van der Waals surface area contributed by atoms with Crippen LogP contribution in [0.2, 0.25) is 0 Å². The topological polar surface area (TPSA) is 242 Å². The Morgan fingerprint density at radius 2 is 1.65 bits per heavy atom. The van der Waals surface area contributed by atoms with Crippen molar-refractivity contribution in [1.82, 2.24) is 25.8 Å². The first-order valence-corrected chi connectivity index (χ1v) is 25.6. The maximum Gasteiger partial charge on any atom is 0.246 e. The second-order valence-electron chi connectivity index (χ2n) is 20.3. The highest BCUT2D eigenvalue weighted by Gasteiger charge is 2.45. The third-order valence-electron chi connectivity index (χ3n) is 13.9. The van der Waals surface area contributed by atoms with Crippen LogP contribution in [0.3, 0.4) is 0 Å². The second kappa shape index (κ2) is 22.9. The van der Waals surface area contributed by atoms with Crippen molar-refractivity contribution in [2.75, 3.05) is 23.3 Å². The number of nitrogens with two attached hydrogens (primary N) is 2. The normalized spacial score (nSPS) is 19.9. The number of carbonyl (C=O) groups is 6. The number of halogens is 1. The van der Waals surface area contributed by atoms with Crippen LogP contribution in [0.25, 0.3) is 10.4 Å². The van der Waals surface area contributed by atoms with E-state index in [4.69, 9.17) is 11.5 Å². The molecule has 3 aliphatic rings. The number of aliphatic hydroxyl groups is 1. The number of rotatable bonds is 20. The van der Waals surface area contributed by atoms with Gasteiger partial charge in [-0.1, -0.05) is 81.8 Å². The number of aryl methyl sites for hydroxylation is 3. The van der Waals surface area contributed by atoms with Gasteiger partial charge in [0.1, 0.15) is 23.9 Å². The number of hydrogen-bond acceptors (Lipinski definition) is 11. The molecule has 7 rings (SSSR count). The molecule has 0 aliphatic carbocycles. The summed E-state index contributed by atoms with van der Waals surface area (Å²) in [5.41, 5.74) is 18.9. The number of nitrogens with one attached hydrogen (secondary N) is 4. The minimum atomic E-state index is -0.964. The number of primary amides is 1. The lowest BCUT2D eigenvalue weighted by Crippen LogP contribution is -2.57. The van der Waals surface area contributed by atoms with Crippen molar-refractivity contribution in [1.29, 1.82) is 0 Å². The maximum absolute atomic E-state index is 15.9. The molecule has 380 valence electrons. The second-order valence-corrected chi connectivity index (χ2v) is 21.2. The van der Waals surface area contributed by atoms with Gasteiger partial charge in [0.2, 0.25) is 35.4 Å². The summed E-state index contributed by atoms with van der Waals surface area (Å²) in [5, 5.41) is 22.7. The first kappa shape index (κ1) is 52.6. The fourth-order valence-corrected chi connectivity index (χ4v) is 10.7. The molecule has 1 saturated heterocycles. The number of carbonyl (C=O) groups excluding carboxylic acids is 6. The average Bonchev–Trinajstić information content (AvgIpc) is 4.05. The lowest BCUT2D eigenvalue weighted by atomic mass is 9.85. The largest absolute Gasteiger partial charge is 0.391 e. The Bertz CT molecular complexity index is 2600. The van der Waals surface area contributed by atoms with E-state index in [9.17, 15) is 33.9 Å². The highest BCUT2D eigenvalue weighted by atomic mass is 32.1. The number of aromatic nitrogens is 1. The van der Waals surface area contributed by atoms with Gasteiger partial charge in [0.05, 0.1) is 45.6 Å². The Labute approximate surface area is 418 Å². The number of nitrogens with zero attached hydrogens (tertiary/aromatic N) is 3. The molecule has 0 bridgehead atoms. The van der Waals surface area contributed by atoms with Crippen LogP contribution in [0.5, 0.6) is 0 Å². The lowest BCUT2D eigenvalue weighted by molar-refractivity contribution is -0.144.